The third-order valence-electron chi connectivity index (χ3n) is 2.95. The lowest BCUT2D eigenvalue weighted by Gasteiger charge is -2.17. The lowest BCUT2D eigenvalue weighted by molar-refractivity contribution is 0.0587. The number of hydrogen-bond acceptors (Lipinski definition) is 3. The third kappa shape index (κ3) is 2.84. The Bertz CT molecular complexity index is 606. The molecule has 4 heteroatoms. The van der Waals surface area contributed by atoms with Gasteiger partial charge in [-0.15, -0.1) is 0 Å². The number of carbonyl (C=O) groups excluding carboxylic acids is 1. The second kappa shape index (κ2) is 4.78. The number of hydrogen-bond donors (Lipinski definition) is 1. The highest BCUT2D eigenvalue weighted by atomic mass is 16.3. The summed E-state index contributed by atoms with van der Waals surface area (Å²) in [7, 11) is 0. The van der Waals surface area contributed by atoms with Crippen LogP contribution in [0.15, 0.2) is 24.3 Å². The minimum absolute atomic E-state index is 0.0331. The first-order valence-corrected chi connectivity index (χ1v) is 6.52. The molecule has 19 heavy (non-hydrogen) atoms. The summed E-state index contributed by atoms with van der Waals surface area (Å²) in [5.41, 5.74) is 0.510. The van der Waals surface area contributed by atoms with Gasteiger partial charge in [0.2, 0.25) is 0 Å². The predicted molar refractivity (Wildman–Crippen MR) is 75.2 cm³/mol. The number of carbonyl (C=O) groups is 1. The minimum Gasteiger partial charge on any atom is -0.389 e. The molecule has 0 aliphatic heterocycles. The first-order chi connectivity index (χ1) is 8.79. The average molecular weight is 260 g/mol. The summed E-state index contributed by atoms with van der Waals surface area (Å²) in [5, 5.41) is 15.2. The quantitative estimate of drug-likeness (QED) is 0.860. The largest absolute Gasteiger partial charge is 0.389 e. The van der Waals surface area contributed by atoms with Gasteiger partial charge in [-0.2, -0.15) is 5.10 Å². The van der Waals surface area contributed by atoms with Crippen molar-refractivity contribution in [3.63, 3.8) is 0 Å². The van der Waals surface area contributed by atoms with Crippen molar-refractivity contribution in [2.45, 2.75) is 39.8 Å². The van der Waals surface area contributed by atoms with Gasteiger partial charge in [0.25, 0.3) is 0 Å². The number of fused-ring (bicyclic) bond motifs is 1. The van der Waals surface area contributed by atoms with E-state index in [1.807, 2.05) is 38.1 Å². The van der Waals surface area contributed by atoms with Crippen LogP contribution in [-0.4, -0.2) is 26.3 Å². The Morgan fingerprint density at radius 1 is 1.37 bits per heavy atom. The van der Waals surface area contributed by atoms with E-state index in [0.717, 1.165) is 10.9 Å². The molecule has 0 aliphatic rings. The molecule has 0 amide bonds. The Hall–Kier alpha value is -1.68. The molecule has 0 unspecified atom stereocenters. The predicted octanol–water partition coefficient (Wildman–Crippen LogP) is 2.65. The molecule has 2 rings (SSSR count). The van der Waals surface area contributed by atoms with Crippen LogP contribution in [0.25, 0.3) is 10.9 Å². The van der Waals surface area contributed by atoms with Crippen LogP contribution in [0.5, 0.6) is 0 Å². The van der Waals surface area contributed by atoms with E-state index >= 15 is 0 Å². The molecule has 1 N–H and O–H groups in total. The van der Waals surface area contributed by atoms with Crippen LogP contribution in [0.2, 0.25) is 0 Å². The molecule has 0 aliphatic carbocycles. The van der Waals surface area contributed by atoms with Crippen molar-refractivity contribution < 1.29 is 9.90 Å². The number of nitrogens with zero attached hydrogens (tertiary/aromatic N) is 2. The third-order valence-corrected chi connectivity index (χ3v) is 2.95. The number of rotatable bonds is 4. The van der Waals surface area contributed by atoms with E-state index in [2.05, 4.69) is 5.10 Å². The van der Waals surface area contributed by atoms with Gasteiger partial charge in [-0.05, 0) is 19.9 Å². The van der Waals surface area contributed by atoms with Gasteiger partial charge in [0.05, 0.1) is 17.7 Å². The summed E-state index contributed by atoms with van der Waals surface area (Å²) < 4.78 is 1.71. The maximum absolute atomic E-state index is 12.2. The molecule has 1 heterocycles. The lowest BCUT2D eigenvalue weighted by Crippen LogP contribution is -2.26. The molecule has 1 aromatic carbocycles. The SMILES string of the molecule is CC(C)C(=O)c1nn(CC(C)(C)O)c2ccccc12. The minimum atomic E-state index is -0.868. The zero-order chi connectivity index (χ0) is 14.2. The van der Waals surface area contributed by atoms with E-state index in [0.29, 0.717) is 12.2 Å². The van der Waals surface area contributed by atoms with E-state index in [9.17, 15) is 9.90 Å². The summed E-state index contributed by atoms with van der Waals surface area (Å²) in [5.74, 6) is -0.0559. The van der Waals surface area contributed by atoms with E-state index < -0.39 is 5.60 Å². The van der Waals surface area contributed by atoms with Crippen LogP contribution in [0.3, 0.4) is 0 Å². The monoisotopic (exact) mass is 260 g/mol. The number of aliphatic hydroxyl groups is 1. The molecular weight excluding hydrogens is 240 g/mol. The summed E-state index contributed by atoms with van der Waals surface area (Å²) in [6.07, 6.45) is 0. The van der Waals surface area contributed by atoms with Gasteiger partial charge in [0.1, 0.15) is 5.69 Å². The number of benzene rings is 1. The van der Waals surface area contributed by atoms with Crippen molar-refractivity contribution in [1.29, 1.82) is 0 Å². The van der Waals surface area contributed by atoms with Crippen LogP contribution < -0.4 is 0 Å². The van der Waals surface area contributed by atoms with E-state index in [1.54, 1.807) is 18.5 Å². The molecule has 1 aromatic heterocycles. The van der Waals surface area contributed by atoms with Gasteiger partial charge in [0.15, 0.2) is 5.78 Å². The fraction of sp³-hybridized carbons (Fsp3) is 0.467. The lowest BCUT2D eigenvalue weighted by atomic mass is 10.0. The first-order valence-electron chi connectivity index (χ1n) is 6.52. The molecule has 0 saturated carbocycles. The van der Waals surface area contributed by atoms with Crippen LogP contribution >= 0.6 is 0 Å². The van der Waals surface area contributed by atoms with Crippen molar-refractivity contribution in [3.8, 4) is 0 Å². The van der Waals surface area contributed by atoms with Gasteiger partial charge < -0.3 is 5.11 Å². The molecule has 0 fully saturated rings. The Morgan fingerprint density at radius 2 is 2.00 bits per heavy atom. The molecular formula is C15H20N2O2. The standard InChI is InChI=1S/C15H20N2O2/c1-10(2)14(18)13-11-7-5-6-8-12(11)17(16-13)9-15(3,4)19/h5-8,10,19H,9H2,1-4H3. The molecule has 0 radical (unpaired) electrons. The van der Waals surface area contributed by atoms with E-state index in [1.165, 1.54) is 0 Å². The molecule has 0 atom stereocenters. The maximum atomic E-state index is 12.2. The van der Waals surface area contributed by atoms with Crippen LogP contribution in [0.4, 0.5) is 0 Å². The molecule has 4 nitrogen and oxygen atoms in total. The second-order valence-electron chi connectivity index (χ2n) is 5.85. The fourth-order valence-electron chi connectivity index (χ4n) is 2.07. The van der Waals surface area contributed by atoms with Crippen molar-refractivity contribution in [3.05, 3.63) is 30.0 Å². The van der Waals surface area contributed by atoms with Gasteiger partial charge >= 0.3 is 0 Å². The van der Waals surface area contributed by atoms with Gasteiger partial charge in [-0.25, -0.2) is 0 Å². The molecule has 0 bridgehead atoms. The fourth-order valence-corrected chi connectivity index (χ4v) is 2.07. The van der Waals surface area contributed by atoms with Crippen molar-refractivity contribution >= 4 is 16.7 Å². The summed E-state index contributed by atoms with van der Waals surface area (Å²) in [4.78, 5) is 12.2. The van der Waals surface area contributed by atoms with Gasteiger partial charge in [-0.1, -0.05) is 32.0 Å². The highest BCUT2D eigenvalue weighted by Gasteiger charge is 2.22. The normalized spacial score (nSPS) is 12.3. The van der Waals surface area contributed by atoms with E-state index in [-0.39, 0.29) is 11.7 Å². The summed E-state index contributed by atoms with van der Waals surface area (Å²) >= 11 is 0. The number of aromatic nitrogens is 2. The zero-order valence-corrected chi connectivity index (χ0v) is 11.8. The molecule has 0 spiro atoms. The zero-order valence-electron chi connectivity index (χ0n) is 11.8. The van der Waals surface area contributed by atoms with Gasteiger partial charge in [-0.3, -0.25) is 9.48 Å². The second-order valence-corrected chi connectivity index (χ2v) is 5.85. The topological polar surface area (TPSA) is 55.1 Å². The van der Waals surface area contributed by atoms with Crippen LogP contribution in [0.1, 0.15) is 38.2 Å². The summed E-state index contributed by atoms with van der Waals surface area (Å²) in [6.45, 7) is 7.55. The smallest absolute Gasteiger partial charge is 0.186 e. The first kappa shape index (κ1) is 13.7. The van der Waals surface area contributed by atoms with E-state index in [4.69, 9.17) is 0 Å². The highest BCUT2D eigenvalue weighted by Crippen LogP contribution is 2.22. The number of para-hydroxylation sites is 1. The van der Waals surface area contributed by atoms with Crippen LogP contribution in [-0.2, 0) is 6.54 Å². The average Bonchev–Trinajstić information content (AvgIpc) is 2.65. The number of Topliss-reactive ketones (excluding diaryl/α,β-unsaturated/α-hetero) is 1. The van der Waals surface area contributed by atoms with Gasteiger partial charge in [0, 0.05) is 11.3 Å². The molecule has 0 saturated heterocycles. The maximum Gasteiger partial charge on any atom is 0.186 e. The molecule has 102 valence electrons. The van der Waals surface area contributed by atoms with Crippen molar-refractivity contribution in [1.82, 2.24) is 9.78 Å². The number of ketones is 1. The Labute approximate surface area is 113 Å². The van der Waals surface area contributed by atoms with Crippen molar-refractivity contribution in [2.75, 3.05) is 0 Å². The summed E-state index contributed by atoms with van der Waals surface area (Å²) in [6, 6.07) is 7.63. The Kier molecular flexibility index (Phi) is 3.45. The molecule has 2 aromatic rings. The van der Waals surface area contributed by atoms with Crippen molar-refractivity contribution in [2.24, 2.45) is 5.92 Å². The Balaban J connectivity index is 2.58. The Morgan fingerprint density at radius 3 is 2.58 bits per heavy atom. The highest BCUT2D eigenvalue weighted by molar-refractivity contribution is 6.06. The van der Waals surface area contributed by atoms with Crippen LogP contribution in [0, 0.1) is 5.92 Å².